The molecule has 1 aliphatic carbocycles. The molecule has 2 unspecified atom stereocenters. The Morgan fingerprint density at radius 2 is 2.21 bits per heavy atom. The van der Waals surface area contributed by atoms with Crippen molar-refractivity contribution in [3.8, 4) is 0 Å². The predicted molar refractivity (Wildman–Crippen MR) is 96.7 cm³/mol. The van der Waals surface area contributed by atoms with E-state index in [9.17, 15) is 4.39 Å². The SMILES string of the molecule is CN1CCC(CNC(N)=NCC2CCC2)C1c1ccc(Cl)c(F)c1. The van der Waals surface area contributed by atoms with Crippen molar-refractivity contribution >= 4 is 17.6 Å². The van der Waals surface area contributed by atoms with E-state index in [-0.39, 0.29) is 16.9 Å². The molecule has 132 valence electrons. The number of benzene rings is 1. The van der Waals surface area contributed by atoms with Crippen LogP contribution in [0.4, 0.5) is 4.39 Å². The van der Waals surface area contributed by atoms with Crippen molar-refractivity contribution in [2.75, 3.05) is 26.7 Å². The van der Waals surface area contributed by atoms with E-state index in [1.807, 2.05) is 6.07 Å². The van der Waals surface area contributed by atoms with E-state index >= 15 is 0 Å². The fourth-order valence-electron chi connectivity index (χ4n) is 3.66. The van der Waals surface area contributed by atoms with E-state index in [1.165, 1.54) is 19.3 Å². The number of nitrogens with one attached hydrogen (secondary N) is 1. The highest BCUT2D eigenvalue weighted by atomic mass is 35.5. The molecule has 0 bridgehead atoms. The van der Waals surface area contributed by atoms with Crippen LogP contribution in [0.1, 0.15) is 37.3 Å². The van der Waals surface area contributed by atoms with Crippen LogP contribution in [-0.4, -0.2) is 37.5 Å². The third-order valence-electron chi connectivity index (χ3n) is 5.35. The minimum atomic E-state index is -0.359. The molecule has 3 rings (SSSR count). The van der Waals surface area contributed by atoms with Crippen LogP contribution >= 0.6 is 11.6 Å². The summed E-state index contributed by atoms with van der Waals surface area (Å²) in [5, 5.41) is 3.42. The number of nitrogens with zero attached hydrogens (tertiary/aromatic N) is 2. The van der Waals surface area contributed by atoms with Crippen molar-refractivity contribution in [1.29, 1.82) is 0 Å². The molecule has 4 nitrogen and oxygen atoms in total. The Balaban J connectivity index is 1.60. The Hall–Kier alpha value is -1.33. The minimum absolute atomic E-state index is 0.168. The maximum absolute atomic E-state index is 13.8. The molecule has 1 saturated carbocycles. The fourth-order valence-corrected chi connectivity index (χ4v) is 3.77. The van der Waals surface area contributed by atoms with Gasteiger partial charge in [0.2, 0.25) is 0 Å². The number of hydrogen-bond donors (Lipinski definition) is 2. The summed E-state index contributed by atoms with van der Waals surface area (Å²) < 4.78 is 13.8. The van der Waals surface area contributed by atoms with E-state index in [0.717, 1.165) is 31.6 Å². The lowest BCUT2D eigenvalue weighted by Gasteiger charge is -2.26. The predicted octanol–water partition coefficient (Wildman–Crippen LogP) is 3.18. The van der Waals surface area contributed by atoms with Gasteiger partial charge in [0.05, 0.1) is 5.02 Å². The zero-order valence-electron chi connectivity index (χ0n) is 14.1. The molecule has 2 aliphatic rings. The van der Waals surface area contributed by atoms with Gasteiger partial charge >= 0.3 is 0 Å². The van der Waals surface area contributed by atoms with Gasteiger partial charge in [-0.1, -0.05) is 24.1 Å². The van der Waals surface area contributed by atoms with Crippen molar-refractivity contribution in [2.24, 2.45) is 22.6 Å². The van der Waals surface area contributed by atoms with Gasteiger partial charge in [0.1, 0.15) is 5.82 Å². The first-order valence-electron chi connectivity index (χ1n) is 8.73. The smallest absolute Gasteiger partial charge is 0.188 e. The van der Waals surface area contributed by atoms with Crippen LogP contribution in [0.5, 0.6) is 0 Å². The lowest BCUT2D eigenvalue weighted by atomic mass is 9.86. The number of guanidine groups is 1. The molecule has 3 N–H and O–H groups in total. The van der Waals surface area contributed by atoms with Crippen LogP contribution in [0, 0.1) is 17.7 Å². The van der Waals surface area contributed by atoms with E-state index in [0.29, 0.717) is 17.8 Å². The van der Waals surface area contributed by atoms with Gasteiger partial charge in [-0.15, -0.1) is 0 Å². The van der Waals surface area contributed by atoms with E-state index in [2.05, 4.69) is 22.3 Å². The molecule has 1 heterocycles. The Bertz CT molecular complexity index is 603. The van der Waals surface area contributed by atoms with E-state index < -0.39 is 0 Å². The topological polar surface area (TPSA) is 53.6 Å². The van der Waals surface area contributed by atoms with Gasteiger partial charge in [0, 0.05) is 19.1 Å². The maximum atomic E-state index is 13.8. The van der Waals surface area contributed by atoms with Crippen molar-refractivity contribution in [1.82, 2.24) is 10.2 Å². The molecule has 0 radical (unpaired) electrons. The molecule has 6 heteroatoms. The third kappa shape index (κ3) is 4.01. The Kier molecular flexibility index (Phi) is 5.61. The normalized spacial score (nSPS) is 25.7. The fraction of sp³-hybridized carbons (Fsp3) is 0.611. The van der Waals surface area contributed by atoms with Crippen LogP contribution in [0.25, 0.3) is 0 Å². The highest BCUT2D eigenvalue weighted by molar-refractivity contribution is 6.30. The molecular formula is C18H26ClFN4. The Morgan fingerprint density at radius 1 is 1.42 bits per heavy atom. The Labute approximate surface area is 148 Å². The number of likely N-dealkylation sites (tertiary alicyclic amines) is 1. The summed E-state index contributed by atoms with van der Waals surface area (Å²) in [5.74, 6) is 1.25. The van der Waals surface area contributed by atoms with Crippen molar-refractivity contribution in [2.45, 2.75) is 31.7 Å². The van der Waals surface area contributed by atoms with E-state index in [4.69, 9.17) is 17.3 Å². The molecule has 1 saturated heterocycles. The Morgan fingerprint density at radius 3 is 2.88 bits per heavy atom. The summed E-state index contributed by atoms with van der Waals surface area (Å²) in [6.45, 7) is 2.56. The highest BCUT2D eigenvalue weighted by Gasteiger charge is 2.33. The molecule has 0 aromatic heterocycles. The first-order valence-corrected chi connectivity index (χ1v) is 9.11. The van der Waals surface area contributed by atoms with Crippen LogP contribution < -0.4 is 11.1 Å². The number of rotatable bonds is 5. The maximum Gasteiger partial charge on any atom is 0.188 e. The van der Waals surface area contributed by atoms with Gasteiger partial charge in [-0.2, -0.15) is 0 Å². The second-order valence-electron chi connectivity index (χ2n) is 7.05. The van der Waals surface area contributed by atoms with Gasteiger partial charge in [-0.25, -0.2) is 4.39 Å². The molecule has 1 aromatic rings. The van der Waals surface area contributed by atoms with Gasteiger partial charge in [-0.05, 0) is 62.4 Å². The molecule has 0 spiro atoms. The monoisotopic (exact) mass is 352 g/mol. The van der Waals surface area contributed by atoms with Crippen molar-refractivity contribution in [3.63, 3.8) is 0 Å². The number of hydrogen-bond acceptors (Lipinski definition) is 2. The van der Waals surface area contributed by atoms with Crippen LogP contribution in [0.3, 0.4) is 0 Å². The number of halogens is 2. The molecule has 1 aromatic carbocycles. The zero-order chi connectivity index (χ0) is 17.1. The molecular weight excluding hydrogens is 327 g/mol. The van der Waals surface area contributed by atoms with Crippen LogP contribution in [0.2, 0.25) is 5.02 Å². The number of nitrogens with two attached hydrogens (primary N) is 1. The van der Waals surface area contributed by atoms with Gasteiger partial charge in [-0.3, -0.25) is 9.89 Å². The average Bonchev–Trinajstić information content (AvgIpc) is 2.87. The minimum Gasteiger partial charge on any atom is -0.370 e. The summed E-state index contributed by atoms with van der Waals surface area (Å²) >= 11 is 5.81. The lowest BCUT2D eigenvalue weighted by Crippen LogP contribution is -2.37. The first-order chi connectivity index (χ1) is 11.5. The van der Waals surface area contributed by atoms with Crippen LogP contribution in [0.15, 0.2) is 23.2 Å². The third-order valence-corrected chi connectivity index (χ3v) is 5.66. The summed E-state index contributed by atoms with van der Waals surface area (Å²) in [4.78, 5) is 6.70. The summed E-state index contributed by atoms with van der Waals surface area (Å²) in [6.07, 6.45) is 4.92. The van der Waals surface area contributed by atoms with Gasteiger partial charge < -0.3 is 11.1 Å². The average molecular weight is 353 g/mol. The number of aliphatic imine (C=N–C) groups is 1. The molecule has 1 aliphatic heterocycles. The van der Waals surface area contributed by atoms with Gasteiger partial charge in [0.15, 0.2) is 5.96 Å². The quantitative estimate of drug-likeness (QED) is 0.632. The van der Waals surface area contributed by atoms with Gasteiger partial charge in [0.25, 0.3) is 0 Å². The summed E-state index contributed by atoms with van der Waals surface area (Å²) in [5.41, 5.74) is 6.96. The lowest BCUT2D eigenvalue weighted by molar-refractivity contribution is 0.275. The van der Waals surface area contributed by atoms with Crippen LogP contribution in [-0.2, 0) is 0 Å². The molecule has 2 atom stereocenters. The zero-order valence-corrected chi connectivity index (χ0v) is 14.9. The molecule has 24 heavy (non-hydrogen) atoms. The highest BCUT2D eigenvalue weighted by Crippen LogP contribution is 2.36. The van der Waals surface area contributed by atoms with Crippen molar-refractivity contribution in [3.05, 3.63) is 34.6 Å². The largest absolute Gasteiger partial charge is 0.370 e. The first kappa shape index (κ1) is 17.5. The summed E-state index contributed by atoms with van der Waals surface area (Å²) in [7, 11) is 2.07. The molecule has 0 amide bonds. The second-order valence-corrected chi connectivity index (χ2v) is 7.46. The molecule has 2 fully saturated rings. The second kappa shape index (κ2) is 7.70. The van der Waals surface area contributed by atoms with E-state index in [1.54, 1.807) is 12.1 Å². The van der Waals surface area contributed by atoms with Crippen molar-refractivity contribution < 1.29 is 4.39 Å². The summed E-state index contributed by atoms with van der Waals surface area (Å²) in [6, 6.07) is 5.27. The standard InChI is InChI=1S/C18H26ClFN4/c1-24-8-7-14(11-23-18(21)22-10-12-3-2-4-12)17(24)13-5-6-15(19)16(20)9-13/h5-6,9,12,14,17H,2-4,7-8,10-11H2,1H3,(H3,21,22,23).